The number of aromatic nitrogens is 1. The van der Waals surface area contributed by atoms with Crippen LogP contribution in [0.2, 0.25) is 0 Å². The highest BCUT2D eigenvalue weighted by molar-refractivity contribution is 7.90. The lowest BCUT2D eigenvalue weighted by molar-refractivity contribution is 0.602. The predicted octanol–water partition coefficient (Wildman–Crippen LogP) is 4.13. The van der Waals surface area contributed by atoms with E-state index >= 15 is 0 Å². The van der Waals surface area contributed by atoms with E-state index in [4.69, 9.17) is 0 Å². The molecule has 0 saturated carbocycles. The van der Waals surface area contributed by atoms with Gasteiger partial charge in [-0.2, -0.15) is 0 Å². The molecule has 1 atom stereocenters. The summed E-state index contributed by atoms with van der Waals surface area (Å²) in [6.45, 7) is 2.10. The van der Waals surface area contributed by atoms with Crippen LogP contribution in [0.4, 0.5) is 4.39 Å². The van der Waals surface area contributed by atoms with Crippen LogP contribution in [0.25, 0.3) is 11.1 Å². The number of nitrogens with zero attached hydrogens (tertiary/aromatic N) is 1. The number of benzene rings is 1. The fraction of sp³-hybridized carbons (Fsp3) is 0.211. The third kappa shape index (κ3) is 3.31. The second kappa shape index (κ2) is 6.32. The summed E-state index contributed by atoms with van der Waals surface area (Å²) in [5.41, 5.74) is 3.59. The van der Waals surface area contributed by atoms with Gasteiger partial charge in [-0.25, -0.2) is 12.8 Å². The van der Waals surface area contributed by atoms with Crippen LogP contribution in [-0.4, -0.2) is 19.7 Å². The highest BCUT2D eigenvalue weighted by Crippen LogP contribution is 2.38. The van der Waals surface area contributed by atoms with Gasteiger partial charge in [0.1, 0.15) is 5.82 Å². The molecule has 0 bridgehead atoms. The third-order valence-corrected chi connectivity index (χ3v) is 5.25. The van der Waals surface area contributed by atoms with Crippen LogP contribution in [0.3, 0.4) is 0 Å². The van der Waals surface area contributed by atoms with Crippen LogP contribution >= 0.6 is 0 Å². The molecule has 0 N–H and O–H groups in total. The molecule has 3 nitrogen and oxygen atoms in total. The van der Waals surface area contributed by atoms with E-state index in [2.05, 4.69) is 24.1 Å². The van der Waals surface area contributed by atoms with Crippen molar-refractivity contribution in [3.8, 4) is 0 Å². The Kier molecular flexibility index (Phi) is 4.37. The van der Waals surface area contributed by atoms with Crippen LogP contribution in [0.1, 0.15) is 24.6 Å². The summed E-state index contributed by atoms with van der Waals surface area (Å²) in [5.74, 6) is -0.0798. The van der Waals surface area contributed by atoms with Gasteiger partial charge in [0.05, 0.1) is 16.8 Å². The first-order valence-corrected chi connectivity index (χ1v) is 9.64. The fourth-order valence-electron chi connectivity index (χ4n) is 2.78. The summed E-state index contributed by atoms with van der Waals surface area (Å²) in [6.07, 6.45) is 7.63. The largest absolute Gasteiger partial charge is 0.253 e. The van der Waals surface area contributed by atoms with Gasteiger partial charge in [0, 0.05) is 11.8 Å². The van der Waals surface area contributed by atoms with Gasteiger partial charge in [-0.15, -0.1) is 0 Å². The van der Waals surface area contributed by atoms with Gasteiger partial charge in [-0.05, 0) is 47.7 Å². The Balaban J connectivity index is 2.01. The molecule has 1 aromatic heterocycles. The molecule has 5 heteroatoms. The summed E-state index contributed by atoms with van der Waals surface area (Å²) >= 11 is 0. The minimum Gasteiger partial charge on any atom is -0.253 e. The van der Waals surface area contributed by atoms with Gasteiger partial charge in [0.25, 0.3) is 0 Å². The van der Waals surface area contributed by atoms with Crippen LogP contribution in [0.5, 0.6) is 0 Å². The van der Waals surface area contributed by atoms with Gasteiger partial charge < -0.3 is 0 Å². The molecule has 0 amide bonds. The zero-order valence-corrected chi connectivity index (χ0v) is 14.3. The van der Waals surface area contributed by atoms with E-state index in [-0.39, 0.29) is 11.7 Å². The quantitative estimate of drug-likeness (QED) is 0.838. The molecule has 3 rings (SSSR count). The molecule has 0 fully saturated rings. The number of hydrogen-bond acceptors (Lipinski definition) is 3. The summed E-state index contributed by atoms with van der Waals surface area (Å²) in [7, 11) is -3.22. The Labute approximate surface area is 141 Å². The van der Waals surface area contributed by atoms with E-state index in [1.807, 2.05) is 0 Å². The van der Waals surface area contributed by atoms with Crippen molar-refractivity contribution in [1.82, 2.24) is 4.98 Å². The molecular weight excluding hydrogens is 325 g/mol. The molecule has 0 radical (unpaired) electrons. The fourth-order valence-corrected chi connectivity index (χ4v) is 3.41. The molecule has 124 valence electrons. The number of pyridine rings is 1. The molecule has 1 unspecified atom stereocenters. The number of sulfone groups is 1. The van der Waals surface area contributed by atoms with Crippen molar-refractivity contribution >= 4 is 21.0 Å². The monoisotopic (exact) mass is 343 g/mol. The zero-order valence-electron chi connectivity index (χ0n) is 13.5. The van der Waals surface area contributed by atoms with E-state index in [1.54, 1.807) is 30.3 Å². The second-order valence-electron chi connectivity index (χ2n) is 5.89. The topological polar surface area (TPSA) is 47.0 Å². The average molecular weight is 343 g/mol. The van der Waals surface area contributed by atoms with Crippen molar-refractivity contribution in [2.75, 3.05) is 6.26 Å². The SMILES string of the molecule is CCC1C=C(c2ccc(S(C)(=O)=O)cc2)C(c2ccc(F)cn2)=C1. The van der Waals surface area contributed by atoms with Crippen LogP contribution in [0, 0.1) is 11.7 Å². The first kappa shape index (κ1) is 16.6. The highest BCUT2D eigenvalue weighted by Gasteiger charge is 2.20. The minimum absolute atomic E-state index is 0.288. The number of rotatable bonds is 4. The lowest BCUT2D eigenvalue weighted by Crippen LogP contribution is -1.97. The Morgan fingerprint density at radius 1 is 1.04 bits per heavy atom. The van der Waals surface area contributed by atoms with Crippen molar-refractivity contribution in [2.24, 2.45) is 5.92 Å². The Morgan fingerprint density at radius 3 is 2.25 bits per heavy atom. The Morgan fingerprint density at radius 2 is 1.71 bits per heavy atom. The van der Waals surface area contributed by atoms with Crippen molar-refractivity contribution < 1.29 is 12.8 Å². The molecule has 0 aliphatic heterocycles. The van der Waals surface area contributed by atoms with E-state index in [0.717, 1.165) is 23.1 Å². The maximum Gasteiger partial charge on any atom is 0.175 e. The number of hydrogen-bond donors (Lipinski definition) is 0. The lowest BCUT2D eigenvalue weighted by Gasteiger charge is -2.09. The van der Waals surface area contributed by atoms with E-state index in [9.17, 15) is 12.8 Å². The van der Waals surface area contributed by atoms with Crippen LogP contribution in [-0.2, 0) is 9.84 Å². The number of allylic oxidation sites excluding steroid dienone is 4. The molecule has 1 aliphatic carbocycles. The summed E-state index contributed by atoms with van der Waals surface area (Å²) < 4.78 is 36.4. The van der Waals surface area contributed by atoms with Gasteiger partial charge in [-0.3, -0.25) is 4.98 Å². The van der Waals surface area contributed by atoms with E-state index < -0.39 is 9.84 Å². The van der Waals surface area contributed by atoms with Gasteiger partial charge >= 0.3 is 0 Å². The lowest BCUT2D eigenvalue weighted by atomic mass is 9.98. The first-order valence-electron chi connectivity index (χ1n) is 7.75. The molecule has 1 aromatic carbocycles. The van der Waals surface area contributed by atoms with Crippen molar-refractivity contribution in [2.45, 2.75) is 18.2 Å². The van der Waals surface area contributed by atoms with E-state index in [1.165, 1.54) is 18.5 Å². The Hall–Kier alpha value is -2.27. The molecule has 1 heterocycles. The molecule has 24 heavy (non-hydrogen) atoms. The smallest absolute Gasteiger partial charge is 0.175 e. The zero-order chi connectivity index (χ0) is 17.3. The second-order valence-corrected chi connectivity index (χ2v) is 7.91. The van der Waals surface area contributed by atoms with Gasteiger partial charge in [-0.1, -0.05) is 31.2 Å². The van der Waals surface area contributed by atoms with Gasteiger partial charge in [0.2, 0.25) is 0 Å². The van der Waals surface area contributed by atoms with Gasteiger partial charge in [0.15, 0.2) is 9.84 Å². The predicted molar refractivity (Wildman–Crippen MR) is 93.5 cm³/mol. The van der Waals surface area contributed by atoms with Crippen LogP contribution in [0.15, 0.2) is 59.6 Å². The first-order chi connectivity index (χ1) is 11.4. The average Bonchev–Trinajstić information content (AvgIpc) is 2.99. The van der Waals surface area contributed by atoms with Crippen molar-refractivity contribution in [3.63, 3.8) is 0 Å². The minimum atomic E-state index is -3.22. The summed E-state index contributed by atoms with van der Waals surface area (Å²) in [6, 6.07) is 9.89. The molecule has 2 aromatic rings. The highest BCUT2D eigenvalue weighted by atomic mass is 32.2. The van der Waals surface area contributed by atoms with E-state index in [0.29, 0.717) is 10.6 Å². The maximum absolute atomic E-state index is 13.1. The van der Waals surface area contributed by atoms with Crippen molar-refractivity contribution in [1.29, 1.82) is 0 Å². The summed E-state index contributed by atoms with van der Waals surface area (Å²) in [5, 5.41) is 0. The summed E-state index contributed by atoms with van der Waals surface area (Å²) in [4.78, 5) is 4.48. The standard InChI is InChI=1S/C19H18FNO2S/c1-3-13-10-17(14-4-7-16(8-5-14)24(2,22)23)18(11-13)19-9-6-15(20)12-21-19/h4-13H,3H2,1-2H3. The normalized spacial score (nSPS) is 17.5. The Bertz CT molecular complexity index is 911. The van der Waals surface area contributed by atoms with Crippen LogP contribution < -0.4 is 0 Å². The molecule has 0 saturated heterocycles. The molecule has 1 aliphatic rings. The molecular formula is C19H18FNO2S. The van der Waals surface area contributed by atoms with Crippen molar-refractivity contribution in [3.05, 3.63) is 71.8 Å². The maximum atomic E-state index is 13.1. The number of halogens is 1. The third-order valence-electron chi connectivity index (χ3n) is 4.12. The molecule has 0 spiro atoms.